The molecular formula is C21H28N2O2. The van der Waals surface area contributed by atoms with Crippen molar-refractivity contribution >= 4 is 11.6 Å². The summed E-state index contributed by atoms with van der Waals surface area (Å²) >= 11 is 0. The quantitative estimate of drug-likeness (QED) is 0.752. The van der Waals surface area contributed by atoms with Crippen molar-refractivity contribution in [2.45, 2.75) is 45.7 Å². The van der Waals surface area contributed by atoms with Crippen LogP contribution in [0.4, 0.5) is 5.69 Å². The van der Waals surface area contributed by atoms with Gasteiger partial charge < -0.3 is 15.4 Å². The predicted molar refractivity (Wildman–Crippen MR) is 103 cm³/mol. The minimum atomic E-state index is -0.0504. The van der Waals surface area contributed by atoms with E-state index in [0.29, 0.717) is 6.04 Å². The van der Waals surface area contributed by atoms with Crippen LogP contribution in [0.5, 0.6) is 5.75 Å². The maximum absolute atomic E-state index is 11.2. The summed E-state index contributed by atoms with van der Waals surface area (Å²) < 4.78 is 5.19. The lowest BCUT2D eigenvalue weighted by molar-refractivity contribution is -0.114. The molecule has 2 aromatic rings. The Kier molecular flexibility index (Phi) is 7.02. The molecule has 0 radical (unpaired) electrons. The number of aryl methyl sites for hydroxylation is 1. The van der Waals surface area contributed by atoms with Crippen LogP contribution in [0.25, 0.3) is 0 Å². The normalized spacial score (nSPS) is 13.1. The van der Waals surface area contributed by atoms with Crippen LogP contribution >= 0.6 is 0 Å². The summed E-state index contributed by atoms with van der Waals surface area (Å²) in [6.07, 6.45) is 2.08. The van der Waals surface area contributed by atoms with E-state index in [9.17, 15) is 4.79 Å². The third kappa shape index (κ3) is 6.24. The minimum absolute atomic E-state index is 0.0504. The molecule has 0 fully saturated rings. The molecule has 4 nitrogen and oxygen atoms in total. The van der Waals surface area contributed by atoms with E-state index in [-0.39, 0.29) is 11.9 Å². The lowest BCUT2D eigenvalue weighted by Gasteiger charge is -2.21. The van der Waals surface area contributed by atoms with Crippen LogP contribution in [-0.4, -0.2) is 19.1 Å². The fourth-order valence-corrected chi connectivity index (χ4v) is 2.87. The third-order valence-corrected chi connectivity index (χ3v) is 4.27. The lowest BCUT2D eigenvalue weighted by atomic mass is 10.0. The van der Waals surface area contributed by atoms with Crippen LogP contribution in [0.1, 0.15) is 44.4 Å². The van der Waals surface area contributed by atoms with Crippen LogP contribution in [-0.2, 0) is 11.2 Å². The Morgan fingerprint density at radius 1 is 1.12 bits per heavy atom. The van der Waals surface area contributed by atoms with E-state index in [4.69, 9.17) is 4.74 Å². The molecule has 134 valence electrons. The molecule has 25 heavy (non-hydrogen) atoms. The van der Waals surface area contributed by atoms with Gasteiger partial charge in [0, 0.05) is 24.7 Å². The van der Waals surface area contributed by atoms with E-state index in [2.05, 4.69) is 42.7 Å². The summed E-state index contributed by atoms with van der Waals surface area (Å²) in [6.45, 7) is 5.88. The Morgan fingerprint density at radius 3 is 2.48 bits per heavy atom. The van der Waals surface area contributed by atoms with Crippen LogP contribution in [0.3, 0.4) is 0 Å². The number of hydrogen-bond acceptors (Lipinski definition) is 3. The van der Waals surface area contributed by atoms with E-state index >= 15 is 0 Å². The van der Waals surface area contributed by atoms with Crippen molar-refractivity contribution in [3.63, 3.8) is 0 Å². The molecule has 0 heterocycles. The number of anilines is 1. The molecule has 2 rings (SSSR count). The molecule has 2 N–H and O–H groups in total. The maximum Gasteiger partial charge on any atom is 0.221 e. The predicted octanol–water partition coefficient (Wildman–Crippen LogP) is 4.33. The van der Waals surface area contributed by atoms with Crippen molar-refractivity contribution in [1.29, 1.82) is 0 Å². The van der Waals surface area contributed by atoms with E-state index in [1.165, 1.54) is 18.1 Å². The molecule has 2 atom stereocenters. The van der Waals surface area contributed by atoms with Crippen molar-refractivity contribution < 1.29 is 9.53 Å². The van der Waals surface area contributed by atoms with Gasteiger partial charge in [-0.3, -0.25) is 4.79 Å². The molecule has 0 bridgehead atoms. The number of amides is 1. The first-order valence-corrected chi connectivity index (χ1v) is 8.74. The van der Waals surface area contributed by atoms with Crippen molar-refractivity contribution in [2.75, 3.05) is 12.4 Å². The van der Waals surface area contributed by atoms with Crippen molar-refractivity contribution in [1.82, 2.24) is 5.32 Å². The van der Waals surface area contributed by atoms with Crippen LogP contribution in [0.15, 0.2) is 48.5 Å². The van der Waals surface area contributed by atoms with E-state index < -0.39 is 0 Å². The lowest BCUT2D eigenvalue weighted by Crippen LogP contribution is -2.29. The van der Waals surface area contributed by atoms with Gasteiger partial charge in [-0.15, -0.1) is 0 Å². The Labute approximate surface area is 150 Å². The molecule has 4 heteroatoms. The van der Waals surface area contributed by atoms with Crippen LogP contribution < -0.4 is 15.4 Å². The monoisotopic (exact) mass is 340 g/mol. The van der Waals surface area contributed by atoms with Gasteiger partial charge in [0.1, 0.15) is 5.75 Å². The van der Waals surface area contributed by atoms with Gasteiger partial charge in [-0.05, 0) is 62.1 Å². The van der Waals surface area contributed by atoms with Gasteiger partial charge in [-0.25, -0.2) is 0 Å². The molecule has 0 aromatic heterocycles. The molecule has 0 saturated carbocycles. The SMILES string of the molecule is COc1ccc(CCC(C)NC(C)c2cccc(NC(C)=O)c2)cc1. The maximum atomic E-state index is 11.2. The second-order valence-electron chi connectivity index (χ2n) is 6.48. The Morgan fingerprint density at radius 2 is 1.84 bits per heavy atom. The number of nitrogens with one attached hydrogen (secondary N) is 2. The van der Waals surface area contributed by atoms with Gasteiger partial charge >= 0.3 is 0 Å². The summed E-state index contributed by atoms with van der Waals surface area (Å²) in [4.78, 5) is 11.2. The standard InChI is InChI=1S/C21H28N2O2/c1-15(8-9-18-10-12-21(25-4)13-11-18)22-16(2)19-6-5-7-20(14-19)23-17(3)24/h5-7,10-16,22H,8-9H2,1-4H3,(H,23,24). The minimum Gasteiger partial charge on any atom is -0.497 e. The molecule has 0 aliphatic carbocycles. The van der Waals surface area contributed by atoms with E-state index in [0.717, 1.165) is 24.3 Å². The number of carbonyl (C=O) groups excluding carboxylic acids is 1. The number of benzene rings is 2. The molecule has 0 saturated heterocycles. The molecule has 1 amide bonds. The second-order valence-corrected chi connectivity index (χ2v) is 6.48. The molecule has 2 unspecified atom stereocenters. The summed E-state index contributed by atoms with van der Waals surface area (Å²) in [5.74, 6) is 0.841. The van der Waals surface area contributed by atoms with Gasteiger partial charge in [0.15, 0.2) is 0 Å². The average Bonchev–Trinajstić information content (AvgIpc) is 2.60. The Hall–Kier alpha value is -2.33. The average molecular weight is 340 g/mol. The van der Waals surface area contributed by atoms with Crippen LogP contribution in [0, 0.1) is 0 Å². The highest BCUT2D eigenvalue weighted by molar-refractivity contribution is 5.88. The Bertz CT molecular complexity index is 683. The highest BCUT2D eigenvalue weighted by atomic mass is 16.5. The zero-order valence-corrected chi connectivity index (χ0v) is 15.5. The Balaban J connectivity index is 1.86. The summed E-state index contributed by atoms with van der Waals surface area (Å²) in [5, 5.41) is 6.46. The number of hydrogen-bond donors (Lipinski definition) is 2. The number of rotatable bonds is 8. The zero-order chi connectivity index (χ0) is 18.2. The zero-order valence-electron chi connectivity index (χ0n) is 15.5. The number of carbonyl (C=O) groups is 1. The van der Waals surface area contributed by atoms with Gasteiger partial charge in [-0.2, -0.15) is 0 Å². The van der Waals surface area contributed by atoms with Crippen molar-refractivity contribution in [3.05, 3.63) is 59.7 Å². The summed E-state index contributed by atoms with van der Waals surface area (Å²) in [7, 11) is 1.68. The van der Waals surface area contributed by atoms with Gasteiger partial charge in [0.05, 0.1) is 7.11 Å². The summed E-state index contributed by atoms with van der Waals surface area (Å²) in [6, 6.07) is 16.8. The summed E-state index contributed by atoms with van der Waals surface area (Å²) in [5.41, 5.74) is 3.32. The fourth-order valence-electron chi connectivity index (χ4n) is 2.87. The second kappa shape index (κ2) is 9.23. The highest BCUT2D eigenvalue weighted by Gasteiger charge is 2.10. The van der Waals surface area contributed by atoms with E-state index in [1.807, 2.05) is 30.3 Å². The van der Waals surface area contributed by atoms with Gasteiger partial charge in [-0.1, -0.05) is 24.3 Å². The molecule has 0 aliphatic heterocycles. The van der Waals surface area contributed by atoms with Gasteiger partial charge in [0.2, 0.25) is 5.91 Å². The van der Waals surface area contributed by atoms with Crippen LogP contribution in [0.2, 0.25) is 0 Å². The number of ether oxygens (including phenoxy) is 1. The van der Waals surface area contributed by atoms with Gasteiger partial charge in [0.25, 0.3) is 0 Å². The van der Waals surface area contributed by atoms with Crippen molar-refractivity contribution in [3.8, 4) is 5.75 Å². The highest BCUT2D eigenvalue weighted by Crippen LogP contribution is 2.19. The first-order chi connectivity index (χ1) is 12.0. The largest absolute Gasteiger partial charge is 0.497 e. The fraction of sp³-hybridized carbons (Fsp3) is 0.381. The number of methoxy groups -OCH3 is 1. The topological polar surface area (TPSA) is 50.4 Å². The van der Waals surface area contributed by atoms with E-state index in [1.54, 1.807) is 7.11 Å². The third-order valence-electron chi connectivity index (χ3n) is 4.27. The molecule has 0 spiro atoms. The van der Waals surface area contributed by atoms with Crippen molar-refractivity contribution in [2.24, 2.45) is 0 Å². The molecular weight excluding hydrogens is 312 g/mol. The first kappa shape index (κ1) is 19.0. The smallest absolute Gasteiger partial charge is 0.221 e. The molecule has 2 aromatic carbocycles. The molecule has 0 aliphatic rings. The first-order valence-electron chi connectivity index (χ1n) is 8.74.